The molecule has 1 aliphatic heterocycles. The molecule has 3 N–H and O–H groups in total. The summed E-state index contributed by atoms with van der Waals surface area (Å²) < 4.78 is 0. The topological polar surface area (TPSA) is 49.5 Å². The minimum Gasteiger partial charge on any atom is -0.399 e. The Morgan fingerprint density at radius 1 is 1.35 bits per heavy atom. The van der Waals surface area contributed by atoms with Gasteiger partial charge in [0.25, 0.3) is 0 Å². The molecule has 1 heterocycles. The van der Waals surface area contributed by atoms with E-state index in [1.54, 1.807) is 0 Å². The Labute approximate surface area is 103 Å². The minimum atomic E-state index is -0.176. The van der Waals surface area contributed by atoms with Gasteiger partial charge in [-0.1, -0.05) is 0 Å². The molecule has 1 saturated heterocycles. The van der Waals surface area contributed by atoms with Crippen molar-refractivity contribution in [1.29, 1.82) is 0 Å². The van der Waals surface area contributed by atoms with Crippen LogP contribution in [-0.4, -0.2) is 24.3 Å². The smallest absolute Gasteiger partial charge is 0.0541 e. The number of aliphatic hydroxyl groups is 1. The summed E-state index contributed by atoms with van der Waals surface area (Å²) in [5.74, 6) is 0.459. The maximum Gasteiger partial charge on any atom is 0.0541 e. The van der Waals surface area contributed by atoms with E-state index in [9.17, 15) is 5.11 Å². The van der Waals surface area contributed by atoms with Gasteiger partial charge in [0.1, 0.15) is 0 Å². The highest BCUT2D eigenvalue weighted by Gasteiger charge is 2.23. The summed E-state index contributed by atoms with van der Waals surface area (Å²) in [5.41, 5.74) is 9.11. The van der Waals surface area contributed by atoms with Crippen LogP contribution in [0.2, 0.25) is 0 Å². The molecule has 3 heteroatoms. The number of nitrogens with zero attached hydrogens (tertiary/aromatic N) is 1. The number of piperidine rings is 1. The second kappa shape index (κ2) is 4.96. The van der Waals surface area contributed by atoms with E-state index >= 15 is 0 Å². The van der Waals surface area contributed by atoms with E-state index in [1.165, 1.54) is 11.3 Å². The molecule has 1 atom stereocenters. The van der Waals surface area contributed by atoms with Crippen molar-refractivity contribution in [3.05, 3.63) is 23.8 Å². The van der Waals surface area contributed by atoms with Crippen molar-refractivity contribution in [2.45, 2.75) is 32.8 Å². The van der Waals surface area contributed by atoms with Gasteiger partial charge in [-0.25, -0.2) is 0 Å². The lowest BCUT2D eigenvalue weighted by Crippen LogP contribution is -2.37. The van der Waals surface area contributed by atoms with Gasteiger partial charge in [0.15, 0.2) is 0 Å². The highest BCUT2D eigenvalue weighted by molar-refractivity contribution is 5.59. The molecule has 94 valence electrons. The van der Waals surface area contributed by atoms with Crippen molar-refractivity contribution in [3.8, 4) is 0 Å². The van der Waals surface area contributed by atoms with Gasteiger partial charge in [0, 0.05) is 24.5 Å². The highest BCUT2D eigenvalue weighted by atomic mass is 16.3. The second-order valence-corrected chi connectivity index (χ2v) is 5.11. The zero-order valence-electron chi connectivity index (χ0n) is 10.7. The molecule has 3 nitrogen and oxygen atoms in total. The number of aryl methyl sites for hydroxylation is 1. The lowest BCUT2D eigenvalue weighted by Gasteiger charge is -2.35. The predicted molar refractivity (Wildman–Crippen MR) is 72.2 cm³/mol. The molecule has 0 radical (unpaired) electrons. The number of nitrogen functional groups attached to an aromatic ring is 1. The Bertz CT molecular complexity index is 382. The second-order valence-electron chi connectivity index (χ2n) is 5.11. The van der Waals surface area contributed by atoms with E-state index in [0.717, 1.165) is 31.6 Å². The summed E-state index contributed by atoms with van der Waals surface area (Å²) in [4.78, 5) is 2.40. The van der Waals surface area contributed by atoms with Crippen molar-refractivity contribution in [2.24, 2.45) is 5.92 Å². The van der Waals surface area contributed by atoms with Crippen LogP contribution in [0.4, 0.5) is 11.4 Å². The third kappa shape index (κ3) is 2.72. The summed E-state index contributed by atoms with van der Waals surface area (Å²) >= 11 is 0. The first kappa shape index (κ1) is 12.2. The van der Waals surface area contributed by atoms with Crippen LogP contribution in [0.1, 0.15) is 25.3 Å². The monoisotopic (exact) mass is 234 g/mol. The molecule has 1 aromatic rings. The number of hydrogen-bond acceptors (Lipinski definition) is 3. The summed E-state index contributed by atoms with van der Waals surface area (Å²) in [7, 11) is 0. The molecule has 1 aromatic carbocycles. The SMILES string of the molecule is Cc1cc(N)ccc1N1CCC(C(C)O)CC1. The lowest BCUT2D eigenvalue weighted by molar-refractivity contribution is 0.110. The summed E-state index contributed by atoms with van der Waals surface area (Å²) in [6.07, 6.45) is 1.97. The largest absolute Gasteiger partial charge is 0.399 e. The van der Waals surface area contributed by atoms with Crippen LogP contribution in [0, 0.1) is 12.8 Å². The summed E-state index contributed by atoms with van der Waals surface area (Å²) in [6, 6.07) is 6.09. The van der Waals surface area contributed by atoms with E-state index < -0.39 is 0 Å². The number of aliphatic hydroxyl groups excluding tert-OH is 1. The zero-order chi connectivity index (χ0) is 12.4. The van der Waals surface area contributed by atoms with Crippen molar-refractivity contribution >= 4 is 11.4 Å². The molecule has 0 bridgehead atoms. The Balaban J connectivity index is 2.05. The fourth-order valence-electron chi connectivity index (χ4n) is 2.66. The molecule has 0 saturated carbocycles. The van der Waals surface area contributed by atoms with Crippen LogP contribution in [0.25, 0.3) is 0 Å². The Kier molecular flexibility index (Phi) is 3.57. The van der Waals surface area contributed by atoms with Crippen LogP contribution in [0.3, 0.4) is 0 Å². The number of nitrogens with two attached hydrogens (primary N) is 1. The number of benzene rings is 1. The third-order valence-electron chi connectivity index (χ3n) is 3.78. The molecule has 0 spiro atoms. The van der Waals surface area contributed by atoms with Gasteiger partial charge >= 0.3 is 0 Å². The Hall–Kier alpha value is -1.22. The van der Waals surface area contributed by atoms with Gasteiger partial charge < -0.3 is 15.7 Å². The highest BCUT2D eigenvalue weighted by Crippen LogP contribution is 2.28. The first-order chi connectivity index (χ1) is 8.08. The van der Waals surface area contributed by atoms with Gasteiger partial charge in [-0.15, -0.1) is 0 Å². The molecule has 0 aliphatic carbocycles. The fraction of sp³-hybridized carbons (Fsp3) is 0.571. The van der Waals surface area contributed by atoms with E-state index in [2.05, 4.69) is 17.9 Å². The first-order valence-corrected chi connectivity index (χ1v) is 6.37. The van der Waals surface area contributed by atoms with Gasteiger partial charge in [0.2, 0.25) is 0 Å². The van der Waals surface area contributed by atoms with Gasteiger partial charge in [-0.05, 0) is 56.4 Å². The van der Waals surface area contributed by atoms with Crippen molar-refractivity contribution in [2.75, 3.05) is 23.7 Å². The van der Waals surface area contributed by atoms with E-state index in [1.807, 2.05) is 19.1 Å². The molecule has 0 aromatic heterocycles. The minimum absolute atomic E-state index is 0.176. The van der Waals surface area contributed by atoms with Crippen LogP contribution in [0.5, 0.6) is 0 Å². The van der Waals surface area contributed by atoms with E-state index in [4.69, 9.17) is 5.73 Å². The maximum atomic E-state index is 9.59. The van der Waals surface area contributed by atoms with Crippen LogP contribution < -0.4 is 10.6 Å². The number of anilines is 2. The van der Waals surface area contributed by atoms with Gasteiger partial charge in [-0.2, -0.15) is 0 Å². The van der Waals surface area contributed by atoms with E-state index in [-0.39, 0.29) is 6.10 Å². The maximum absolute atomic E-state index is 9.59. The third-order valence-corrected chi connectivity index (χ3v) is 3.78. The van der Waals surface area contributed by atoms with Crippen LogP contribution >= 0.6 is 0 Å². The normalized spacial score (nSPS) is 19.4. The van der Waals surface area contributed by atoms with Gasteiger partial charge in [0.05, 0.1) is 6.10 Å². The Morgan fingerprint density at radius 3 is 2.53 bits per heavy atom. The Morgan fingerprint density at radius 2 is 2.00 bits per heavy atom. The molecule has 1 aliphatic rings. The summed E-state index contributed by atoms with van der Waals surface area (Å²) in [5, 5.41) is 9.59. The lowest BCUT2D eigenvalue weighted by atomic mass is 9.91. The molecule has 2 rings (SSSR count). The average molecular weight is 234 g/mol. The standard InChI is InChI=1S/C14H22N2O/c1-10-9-13(15)3-4-14(10)16-7-5-12(6-8-16)11(2)17/h3-4,9,11-12,17H,5-8,15H2,1-2H3. The molecule has 0 amide bonds. The molecular weight excluding hydrogens is 212 g/mol. The van der Waals surface area contributed by atoms with Crippen LogP contribution in [0.15, 0.2) is 18.2 Å². The summed E-state index contributed by atoms with van der Waals surface area (Å²) in [6.45, 7) is 6.06. The molecular formula is C14H22N2O. The number of rotatable bonds is 2. The molecule has 17 heavy (non-hydrogen) atoms. The molecule has 1 fully saturated rings. The molecule has 1 unspecified atom stereocenters. The quantitative estimate of drug-likeness (QED) is 0.771. The van der Waals surface area contributed by atoms with E-state index in [0.29, 0.717) is 5.92 Å². The average Bonchev–Trinajstić information content (AvgIpc) is 2.29. The first-order valence-electron chi connectivity index (χ1n) is 6.37. The van der Waals surface area contributed by atoms with Gasteiger partial charge in [-0.3, -0.25) is 0 Å². The zero-order valence-corrected chi connectivity index (χ0v) is 10.7. The van der Waals surface area contributed by atoms with Crippen molar-refractivity contribution in [3.63, 3.8) is 0 Å². The van der Waals surface area contributed by atoms with Crippen molar-refractivity contribution in [1.82, 2.24) is 0 Å². The predicted octanol–water partition coefficient (Wildman–Crippen LogP) is 2.17. The van der Waals surface area contributed by atoms with Crippen LogP contribution in [-0.2, 0) is 0 Å². The fourth-order valence-corrected chi connectivity index (χ4v) is 2.66. The number of hydrogen-bond donors (Lipinski definition) is 2. The van der Waals surface area contributed by atoms with Crippen molar-refractivity contribution < 1.29 is 5.11 Å².